The molecular formula is C14H19N5O. The minimum Gasteiger partial charge on any atom is -0.377 e. The third-order valence-electron chi connectivity index (χ3n) is 2.87. The zero-order valence-corrected chi connectivity index (χ0v) is 11.9. The molecule has 2 N–H and O–H groups in total. The lowest BCUT2D eigenvalue weighted by molar-refractivity contribution is 0.178. The Hall–Kier alpha value is -2.21. The third-order valence-corrected chi connectivity index (χ3v) is 2.87. The fourth-order valence-electron chi connectivity index (χ4n) is 1.85. The molecule has 1 atom stereocenters. The average molecular weight is 273 g/mol. The Morgan fingerprint density at radius 2 is 1.90 bits per heavy atom. The quantitative estimate of drug-likeness (QED) is 0.841. The van der Waals surface area contributed by atoms with Crippen LogP contribution in [0.4, 0.5) is 11.6 Å². The maximum Gasteiger partial charge on any atom is 0.158 e. The Bertz CT molecular complexity index is 547. The summed E-state index contributed by atoms with van der Waals surface area (Å²) in [5.41, 5.74) is 1.15. The van der Waals surface area contributed by atoms with Crippen LogP contribution >= 0.6 is 0 Å². The molecule has 20 heavy (non-hydrogen) atoms. The van der Waals surface area contributed by atoms with Crippen LogP contribution in [0.1, 0.15) is 24.4 Å². The maximum atomic E-state index is 5.08. The van der Waals surface area contributed by atoms with Gasteiger partial charge in [0.15, 0.2) is 5.82 Å². The van der Waals surface area contributed by atoms with E-state index < -0.39 is 0 Å². The normalized spacial score (nSPS) is 11.9. The first-order valence-corrected chi connectivity index (χ1v) is 6.44. The molecular weight excluding hydrogens is 254 g/mol. The van der Waals surface area contributed by atoms with Crippen molar-refractivity contribution in [3.05, 3.63) is 42.0 Å². The van der Waals surface area contributed by atoms with Crippen molar-refractivity contribution >= 4 is 11.6 Å². The fraction of sp³-hybridized carbons (Fsp3) is 0.357. The summed E-state index contributed by atoms with van der Waals surface area (Å²) in [6, 6.07) is 5.96. The Labute approximate surface area is 118 Å². The minimum absolute atomic E-state index is 0.132. The van der Waals surface area contributed by atoms with Crippen molar-refractivity contribution in [3.63, 3.8) is 0 Å². The zero-order valence-electron chi connectivity index (χ0n) is 11.9. The van der Waals surface area contributed by atoms with Gasteiger partial charge < -0.3 is 15.4 Å². The SMILES string of the molecule is CNc1cc(NC(C)c2ccncc2)nc(COC)n1. The van der Waals surface area contributed by atoms with Gasteiger partial charge in [0.25, 0.3) is 0 Å². The molecule has 106 valence electrons. The van der Waals surface area contributed by atoms with E-state index in [0.717, 1.165) is 17.2 Å². The fourth-order valence-corrected chi connectivity index (χ4v) is 1.85. The predicted octanol–water partition coefficient (Wildman–Crippen LogP) is 2.23. The summed E-state index contributed by atoms with van der Waals surface area (Å²) in [6.07, 6.45) is 3.56. The van der Waals surface area contributed by atoms with Crippen molar-refractivity contribution in [2.75, 3.05) is 24.8 Å². The van der Waals surface area contributed by atoms with Gasteiger partial charge in [-0.15, -0.1) is 0 Å². The smallest absolute Gasteiger partial charge is 0.158 e. The highest BCUT2D eigenvalue weighted by Gasteiger charge is 2.08. The van der Waals surface area contributed by atoms with Gasteiger partial charge in [-0.05, 0) is 24.6 Å². The highest BCUT2D eigenvalue weighted by atomic mass is 16.5. The molecule has 2 aromatic heterocycles. The predicted molar refractivity (Wildman–Crippen MR) is 78.6 cm³/mol. The van der Waals surface area contributed by atoms with Crippen molar-refractivity contribution < 1.29 is 4.74 Å². The van der Waals surface area contributed by atoms with Gasteiger partial charge in [-0.3, -0.25) is 4.98 Å². The van der Waals surface area contributed by atoms with E-state index in [1.807, 2.05) is 25.2 Å². The first-order chi connectivity index (χ1) is 9.72. The molecule has 0 saturated heterocycles. The van der Waals surface area contributed by atoms with Gasteiger partial charge in [0, 0.05) is 32.6 Å². The van der Waals surface area contributed by atoms with Gasteiger partial charge >= 0.3 is 0 Å². The Morgan fingerprint density at radius 3 is 2.55 bits per heavy atom. The standard InChI is InChI=1S/C14H19N5O/c1-10(11-4-6-16-7-5-11)17-13-8-12(15-2)18-14(19-13)9-20-3/h4-8,10H,9H2,1-3H3,(H2,15,17,18,19). The Balaban J connectivity index is 2.17. The molecule has 2 heterocycles. The molecule has 2 rings (SSSR count). The Kier molecular flexibility index (Phi) is 4.84. The van der Waals surface area contributed by atoms with Gasteiger partial charge in [0.1, 0.15) is 18.2 Å². The summed E-state index contributed by atoms with van der Waals surface area (Å²) < 4.78 is 5.08. The number of nitrogens with one attached hydrogen (secondary N) is 2. The summed E-state index contributed by atoms with van der Waals surface area (Å²) >= 11 is 0. The molecule has 6 heteroatoms. The minimum atomic E-state index is 0.132. The second-order valence-electron chi connectivity index (χ2n) is 4.38. The van der Waals surface area contributed by atoms with Gasteiger partial charge in [-0.25, -0.2) is 9.97 Å². The molecule has 0 aromatic carbocycles. The molecule has 0 spiro atoms. The van der Waals surface area contributed by atoms with Crippen LogP contribution in [0.15, 0.2) is 30.6 Å². The van der Waals surface area contributed by atoms with Crippen LogP contribution in [-0.4, -0.2) is 29.1 Å². The zero-order chi connectivity index (χ0) is 14.4. The molecule has 0 amide bonds. The lowest BCUT2D eigenvalue weighted by atomic mass is 10.1. The molecule has 0 aliphatic carbocycles. The summed E-state index contributed by atoms with van der Waals surface area (Å²) in [4.78, 5) is 12.8. The van der Waals surface area contributed by atoms with E-state index in [-0.39, 0.29) is 6.04 Å². The number of hydrogen-bond acceptors (Lipinski definition) is 6. The van der Waals surface area contributed by atoms with E-state index in [1.54, 1.807) is 19.5 Å². The van der Waals surface area contributed by atoms with Crippen LogP contribution in [-0.2, 0) is 11.3 Å². The molecule has 0 radical (unpaired) electrons. The van der Waals surface area contributed by atoms with Crippen molar-refractivity contribution in [2.45, 2.75) is 19.6 Å². The van der Waals surface area contributed by atoms with Crippen molar-refractivity contribution in [1.82, 2.24) is 15.0 Å². The molecule has 0 aliphatic heterocycles. The highest BCUT2D eigenvalue weighted by Crippen LogP contribution is 2.19. The van der Waals surface area contributed by atoms with Crippen molar-refractivity contribution in [1.29, 1.82) is 0 Å². The largest absolute Gasteiger partial charge is 0.377 e. The molecule has 0 saturated carbocycles. The van der Waals surface area contributed by atoms with E-state index >= 15 is 0 Å². The second kappa shape index (κ2) is 6.81. The first kappa shape index (κ1) is 14.2. The summed E-state index contributed by atoms with van der Waals surface area (Å²) in [7, 11) is 3.46. The van der Waals surface area contributed by atoms with Crippen molar-refractivity contribution in [3.8, 4) is 0 Å². The number of ether oxygens (including phenoxy) is 1. The number of pyridine rings is 1. The molecule has 1 unspecified atom stereocenters. The van der Waals surface area contributed by atoms with Crippen molar-refractivity contribution in [2.24, 2.45) is 0 Å². The Morgan fingerprint density at radius 1 is 1.20 bits per heavy atom. The van der Waals surface area contributed by atoms with Gasteiger partial charge in [0.05, 0.1) is 6.04 Å². The summed E-state index contributed by atoms with van der Waals surface area (Å²) in [5, 5.41) is 6.38. The molecule has 0 fully saturated rings. The molecule has 2 aromatic rings. The highest BCUT2D eigenvalue weighted by molar-refractivity contribution is 5.48. The van der Waals surface area contributed by atoms with Crippen LogP contribution in [0.2, 0.25) is 0 Å². The number of methoxy groups -OCH3 is 1. The number of hydrogen-bond donors (Lipinski definition) is 2. The van der Waals surface area contributed by atoms with Crippen LogP contribution in [0.25, 0.3) is 0 Å². The molecule has 0 bridgehead atoms. The van der Waals surface area contributed by atoms with E-state index in [1.165, 1.54) is 0 Å². The second-order valence-corrected chi connectivity index (χ2v) is 4.38. The van der Waals surface area contributed by atoms with Crippen LogP contribution in [0.3, 0.4) is 0 Å². The molecule has 6 nitrogen and oxygen atoms in total. The van der Waals surface area contributed by atoms with E-state index in [9.17, 15) is 0 Å². The summed E-state index contributed by atoms with van der Waals surface area (Å²) in [5.74, 6) is 2.17. The maximum absolute atomic E-state index is 5.08. The first-order valence-electron chi connectivity index (χ1n) is 6.44. The number of nitrogens with zero attached hydrogens (tertiary/aromatic N) is 3. The van der Waals surface area contributed by atoms with E-state index in [0.29, 0.717) is 12.4 Å². The van der Waals surface area contributed by atoms with Gasteiger partial charge in [-0.2, -0.15) is 0 Å². The third kappa shape index (κ3) is 3.64. The lowest BCUT2D eigenvalue weighted by Crippen LogP contribution is -2.11. The number of aromatic nitrogens is 3. The van der Waals surface area contributed by atoms with Crippen LogP contribution in [0.5, 0.6) is 0 Å². The monoisotopic (exact) mass is 273 g/mol. The van der Waals surface area contributed by atoms with E-state index in [4.69, 9.17) is 4.74 Å². The lowest BCUT2D eigenvalue weighted by Gasteiger charge is -2.16. The average Bonchev–Trinajstić information content (AvgIpc) is 2.48. The summed E-state index contributed by atoms with van der Waals surface area (Å²) in [6.45, 7) is 2.46. The number of rotatable bonds is 6. The van der Waals surface area contributed by atoms with Crippen LogP contribution < -0.4 is 10.6 Å². The van der Waals surface area contributed by atoms with Gasteiger partial charge in [-0.1, -0.05) is 0 Å². The topological polar surface area (TPSA) is 72.0 Å². The van der Waals surface area contributed by atoms with Gasteiger partial charge in [0.2, 0.25) is 0 Å². The number of anilines is 2. The van der Waals surface area contributed by atoms with E-state index in [2.05, 4.69) is 32.5 Å². The molecule has 0 aliphatic rings. The van der Waals surface area contributed by atoms with Crippen LogP contribution in [0, 0.1) is 0 Å².